The highest BCUT2D eigenvalue weighted by atomic mass is 19.3. The van der Waals surface area contributed by atoms with Gasteiger partial charge in [0.2, 0.25) is 11.9 Å². The van der Waals surface area contributed by atoms with Crippen LogP contribution in [0.15, 0.2) is 103 Å². The Balaban J connectivity index is 1.39. The number of benzene rings is 2. The van der Waals surface area contributed by atoms with Crippen LogP contribution in [0.2, 0.25) is 0 Å². The molecule has 12 heteroatoms. The maximum Gasteiger partial charge on any atom is 0.585 e. The molecule has 2 amide bonds. The van der Waals surface area contributed by atoms with Gasteiger partial charge >= 0.3 is 6.29 Å². The van der Waals surface area contributed by atoms with Gasteiger partial charge in [-0.25, -0.2) is 9.97 Å². The summed E-state index contributed by atoms with van der Waals surface area (Å²) in [7, 11) is 0. The van der Waals surface area contributed by atoms with E-state index in [4.69, 9.17) is 0 Å². The summed E-state index contributed by atoms with van der Waals surface area (Å²) < 4.78 is 35.5. The van der Waals surface area contributed by atoms with E-state index in [0.717, 1.165) is 5.56 Å². The summed E-state index contributed by atoms with van der Waals surface area (Å²) >= 11 is 0. The first kappa shape index (κ1) is 29.5. The van der Waals surface area contributed by atoms with Crippen LogP contribution in [0, 0.1) is 6.92 Å². The normalized spacial score (nSPS) is 13.9. The summed E-state index contributed by atoms with van der Waals surface area (Å²) in [6, 6.07) is 12.2. The van der Waals surface area contributed by atoms with E-state index in [1.165, 1.54) is 31.5 Å². The lowest BCUT2D eigenvalue weighted by Crippen LogP contribution is -2.16. The average Bonchev–Trinajstić information content (AvgIpc) is 3.21. The molecule has 1 aromatic heterocycles. The van der Waals surface area contributed by atoms with Gasteiger partial charge in [-0.1, -0.05) is 25.3 Å². The van der Waals surface area contributed by atoms with Gasteiger partial charge in [0.15, 0.2) is 5.76 Å². The molecule has 4 N–H and O–H groups in total. The van der Waals surface area contributed by atoms with Gasteiger partial charge in [0.1, 0.15) is 5.76 Å². The first-order valence-corrected chi connectivity index (χ1v) is 12.6. The van der Waals surface area contributed by atoms with Gasteiger partial charge in [-0.3, -0.25) is 9.59 Å². The third-order valence-corrected chi connectivity index (χ3v) is 5.93. The monoisotopic (exact) mass is 574 g/mol. The first-order chi connectivity index (χ1) is 19.9. The number of allylic oxidation sites excluding steroid dienone is 3. The van der Waals surface area contributed by atoms with Crippen molar-refractivity contribution >= 4 is 40.5 Å². The Morgan fingerprint density at radius 3 is 2.29 bits per heavy atom. The second kappa shape index (κ2) is 12.3. The van der Waals surface area contributed by atoms with E-state index in [0.29, 0.717) is 39.6 Å². The Hall–Kier alpha value is -5.52. The number of nitrogens with zero attached hydrogens (tertiary/aromatic N) is 2. The third kappa shape index (κ3) is 7.56. The molecule has 4 rings (SSSR count). The highest BCUT2D eigenvalue weighted by Gasteiger charge is 2.42. The molecule has 0 saturated heterocycles. The minimum Gasteiger partial charge on any atom is -0.400 e. The Morgan fingerprint density at radius 2 is 1.62 bits per heavy atom. The van der Waals surface area contributed by atoms with Gasteiger partial charge in [-0.2, -0.15) is 0 Å². The zero-order valence-electron chi connectivity index (χ0n) is 23.0. The number of aryl methyl sites for hydroxylation is 1. The molecule has 0 aliphatic carbocycles. The van der Waals surface area contributed by atoms with E-state index in [2.05, 4.69) is 53.9 Å². The van der Waals surface area contributed by atoms with Crippen LogP contribution in [0.25, 0.3) is 0 Å². The minimum absolute atomic E-state index is 0.0438. The van der Waals surface area contributed by atoms with Crippen LogP contribution < -0.4 is 21.3 Å². The van der Waals surface area contributed by atoms with E-state index in [9.17, 15) is 18.4 Å². The lowest BCUT2D eigenvalue weighted by Gasteiger charge is -2.14. The predicted molar refractivity (Wildman–Crippen MR) is 156 cm³/mol. The molecule has 216 valence electrons. The van der Waals surface area contributed by atoms with E-state index < -0.39 is 6.29 Å². The lowest BCUT2D eigenvalue weighted by molar-refractivity contribution is -0.336. The van der Waals surface area contributed by atoms with Crippen molar-refractivity contribution in [2.24, 2.45) is 0 Å². The number of hydrogen-bond acceptors (Lipinski definition) is 8. The van der Waals surface area contributed by atoms with Crippen molar-refractivity contribution in [1.29, 1.82) is 0 Å². The largest absolute Gasteiger partial charge is 0.585 e. The number of alkyl halides is 2. The van der Waals surface area contributed by atoms with E-state index in [1.54, 1.807) is 56.3 Å². The number of nitrogens with one attached hydrogen (secondary N) is 4. The van der Waals surface area contributed by atoms with Crippen LogP contribution in [-0.4, -0.2) is 28.1 Å². The molecule has 0 saturated carbocycles. The molecule has 3 aromatic rings. The maximum atomic E-state index is 13.3. The third-order valence-electron chi connectivity index (χ3n) is 5.93. The summed E-state index contributed by atoms with van der Waals surface area (Å²) in [6.07, 6.45) is 1.78. The number of aromatic nitrogens is 2. The molecule has 1 aliphatic heterocycles. The van der Waals surface area contributed by atoms with Gasteiger partial charge in [-0.15, -0.1) is 8.78 Å². The molecule has 0 atom stereocenters. The summed E-state index contributed by atoms with van der Waals surface area (Å²) in [5, 5.41) is 11.6. The van der Waals surface area contributed by atoms with Gasteiger partial charge in [0.05, 0.1) is 18.1 Å². The SMILES string of the molecule is C=CC(=O)Nc1cccc(Nc2ncc(NC(=O)c3cc(NC(=C)/C(C)=C/C4=C(C)OC(F)(F)O4)ccc3C)cn2)c1. The Bertz CT molecular complexity index is 1620. The molecule has 0 unspecified atom stereocenters. The number of carbonyl (C=O) groups is 2. The van der Waals surface area contributed by atoms with E-state index in [1.807, 2.05) is 0 Å². The molecule has 0 bridgehead atoms. The minimum atomic E-state index is -3.70. The average molecular weight is 575 g/mol. The van der Waals surface area contributed by atoms with Crippen LogP contribution in [-0.2, 0) is 14.3 Å². The summed E-state index contributed by atoms with van der Waals surface area (Å²) in [5.41, 5.74) is 4.20. The fraction of sp³-hybridized carbons (Fsp3) is 0.133. The molecule has 1 aliphatic rings. The van der Waals surface area contributed by atoms with Gasteiger partial charge in [-0.05, 0) is 74.4 Å². The molecule has 2 heterocycles. The van der Waals surface area contributed by atoms with Crippen LogP contribution in [0.3, 0.4) is 0 Å². The predicted octanol–water partition coefficient (Wildman–Crippen LogP) is 6.61. The second-order valence-electron chi connectivity index (χ2n) is 9.20. The van der Waals surface area contributed by atoms with Crippen LogP contribution in [0.4, 0.5) is 37.5 Å². The number of ether oxygens (including phenoxy) is 2. The van der Waals surface area contributed by atoms with Crippen molar-refractivity contribution in [3.63, 3.8) is 0 Å². The van der Waals surface area contributed by atoms with Gasteiger partial charge in [0, 0.05) is 28.3 Å². The smallest absolute Gasteiger partial charge is 0.400 e. The zero-order chi connectivity index (χ0) is 30.4. The van der Waals surface area contributed by atoms with Crippen LogP contribution in [0.5, 0.6) is 0 Å². The Morgan fingerprint density at radius 1 is 0.929 bits per heavy atom. The summed E-state index contributed by atoms with van der Waals surface area (Å²) in [4.78, 5) is 33.1. The lowest BCUT2D eigenvalue weighted by atomic mass is 10.1. The molecule has 10 nitrogen and oxygen atoms in total. The number of carbonyl (C=O) groups excluding carboxylic acids is 2. The van der Waals surface area contributed by atoms with Crippen LogP contribution in [0.1, 0.15) is 29.8 Å². The van der Waals surface area contributed by atoms with Crippen molar-refractivity contribution in [1.82, 2.24) is 9.97 Å². The first-order valence-electron chi connectivity index (χ1n) is 12.6. The van der Waals surface area contributed by atoms with Crippen molar-refractivity contribution in [2.45, 2.75) is 27.1 Å². The number of halogens is 2. The van der Waals surface area contributed by atoms with Gasteiger partial charge < -0.3 is 30.7 Å². The molecule has 0 fully saturated rings. The van der Waals surface area contributed by atoms with Crippen molar-refractivity contribution in [3.8, 4) is 0 Å². The standard InChI is InChI=1S/C30H28F2N6O4/c1-6-27(39)36-21-8-7-9-22(13-21)38-29-33-15-24(16-34-29)37-28(40)25-14-23(11-10-17(25)2)35-19(4)18(3)12-26-20(5)41-30(31,32)42-26/h6-16,35H,1,4H2,2-3,5H3,(H,36,39)(H,37,40)(H,33,34,38)/b18-12+. The Kier molecular flexibility index (Phi) is 8.65. The highest BCUT2D eigenvalue weighted by molar-refractivity contribution is 6.05. The van der Waals surface area contributed by atoms with Crippen LogP contribution >= 0.6 is 0 Å². The fourth-order valence-corrected chi connectivity index (χ4v) is 3.73. The topological polar surface area (TPSA) is 127 Å². The second-order valence-corrected chi connectivity index (χ2v) is 9.20. The number of rotatable bonds is 10. The highest BCUT2D eigenvalue weighted by Crippen LogP contribution is 2.34. The molecule has 42 heavy (non-hydrogen) atoms. The number of anilines is 5. The quantitative estimate of drug-likeness (QED) is 0.158. The number of hydrogen-bond donors (Lipinski definition) is 4. The fourth-order valence-electron chi connectivity index (χ4n) is 3.73. The molecular weight excluding hydrogens is 546 g/mol. The van der Waals surface area contributed by atoms with Crippen molar-refractivity contribution in [2.75, 3.05) is 21.3 Å². The van der Waals surface area contributed by atoms with E-state index >= 15 is 0 Å². The molecule has 2 aromatic carbocycles. The van der Waals surface area contributed by atoms with Crippen molar-refractivity contribution < 1.29 is 27.8 Å². The van der Waals surface area contributed by atoms with Crippen molar-refractivity contribution in [3.05, 3.63) is 114 Å². The zero-order valence-corrected chi connectivity index (χ0v) is 23.0. The summed E-state index contributed by atoms with van der Waals surface area (Å²) in [5.74, 6) is -0.571. The summed E-state index contributed by atoms with van der Waals surface area (Å²) in [6.45, 7) is 12.2. The van der Waals surface area contributed by atoms with Gasteiger partial charge in [0.25, 0.3) is 5.91 Å². The molecule has 0 spiro atoms. The van der Waals surface area contributed by atoms with E-state index in [-0.39, 0.29) is 29.3 Å². The number of amides is 2. The molecular formula is C30H28F2N6O4. The molecule has 0 radical (unpaired) electrons. The maximum absolute atomic E-state index is 13.3. The Labute approximate surface area is 240 Å².